The van der Waals surface area contributed by atoms with Gasteiger partial charge in [-0.25, -0.2) is 9.37 Å². The molecule has 33 heavy (non-hydrogen) atoms. The predicted molar refractivity (Wildman–Crippen MR) is 129 cm³/mol. The van der Waals surface area contributed by atoms with Gasteiger partial charge in [-0.2, -0.15) is 0 Å². The Hall–Kier alpha value is -1.80. The molecule has 8 heteroatoms. The maximum atomic E-state index is 14.8. The highest BCUT2D eigenvalue weighted by atomic mass is 79.9. The van der Waals surface area contributed by atoms with E-state index in [9.17, 15) is 19.1 Å². The second kappa shape index (κ2) is 8.45. The van der Waals surface area contributed by atoms with Crippen molar-refractivity contribution in [2.75, 3.05) is 5.32 Å². The van der Waals surface area contributed by atoms with E-state index in [1.807, 2.05) is 13.0 Å². The summed E-state index contributed by atoms with van der Waals surface area (Å²) < 4.78 is 15.2. The lowest BCUT2D eigenvalue weighted by Crippen LogP contribution is -2.44. The van der Waals surface area contributed by atoms with Gasteiger partial charge in [-0.15, -0.1) is 11.3 Å². The first-order valence-electron chi connectivity index (χ1n) is 11.6. The molecule has 3 unspecified atom stereocenters. The Morgan fingerprint density at radius 1 is 1.42 bits per heavy atom. The van der Waals surface area contributed by atoms with Crippen LogP contribution < -0.4 is 5.32 Å². The number of carbonyl (C=O) groups excluding carboxylic acids is 2. The molecule has 0 aliphatic heterocycles. The Kier molecular flexibility index (Phi) is 5.88. The van der Waals surface area contributed by atoms with E-state index in [1.54, 1.807) is 6.20 Å². The molecule has 2 N–H and O–H groups in total. The van der Waals surface area contributed by atoms with Crippen LogP contribution in [0.5, 0.6) is 5.75 Å². The molecule has 5 nitrogen and oxygen atoms in total. The number of Topliss-reactive ketones (excluding diaryl/α,β-unsaturated/α-hetero) is 1. The lowest BCUT2D eigenvalue weighted by Gasteiger charge is -2.50. The van der Waals surface area contributed by atoms with Gasteiger partial charge >= 0.3 is 0 Å². The maximum Gasteiger partial charge on any atom is 0.226 e. The smallest absolute Gasteiger partial charge is 0.226 e. The zero-order valence-electron chi connectivity index (χ0n) is 18.8. The van der Waals surface area contributed by atoms with Gasteiger partial charge in [-0.05, 0) is 95.8 Å². The van der Waals surface area contributed by atoms with E-state index in [4.69, 9.17) is 0 Å². The third-order valence-corrected chi connectivity index (χ3v) is 9.78. The Labute approximate surface area is 205 Å². The number of aromatic hydroxyl groups is 1. The number of nitrogens with one attached hydrogen (secondary N) is 1. The SMILES string of the molecule is Cc1cnc(NC(=O)CC[C@@H]2CC(=O)[C@@]3(C)CCC4c5cc(Br)c(O)c(F)c5CCC4C23)s1. The monoisotopic (exact) mass is 534 g/mol. The number of benzene rings is 1. The third-order valence-electron chi connectivity index (χ3n) is 8.35. The number of rotatable bonds is 4. The highest BCUT2D eigenvalue weighted by Crippen LogP contribution is 2.62. The molecule has 5 atom stereocenters. The zero-order valence-corrected chi connectivity index (χ0v) is 21.2. The van der Waals surface area contributed by atoms with Gasteiger partial charge in [0.25, 0.3) is 0 Å². The van der Waals surface area contributed by atoms with Crippen LogP contribution in [0.15, 0.2) is 16.7 Å². The first kappa shape index (κ1) is 23.0. The summed E-state index contributed by atoms with van der Waals surface area (Å²) in [5, 5.41) is 13.5. The molecule has 2 fully saturated rings. The van der Waals surface area contributed by atoms with Crippen molar-refractivity contribution in [1.29, 1.82) is 0 Å². The van der Waals surface area contributed by atoms with Crippen molar-refractivity contribution < 1.29 is 19.1 Å². The number of phenolic OH excluding ortho intramolecular Hbond substituents is 1. The fourth-order valence-corrected chi connectivity index (χ4v) is 7.98. The molecule has 5 rings (SSSR count). The molecule has 1 aromatic heterocycles. The van der Waals surface area contributed by atoms with Gasteiger partial charge in [0.2, 0.25) is 5.91 Å². The summed E-state index contributed by atoms with van der Waals surface area (Å²) in [5.41, 5.74) is 1.24. The molecule has 3 aliphatic carbocycles. The minimum absolute atomic E-state index is 0.0618. The standard InChI is InChI=1S/C25H28BrFN2O3S/c1-12-11-28-24(33-12)29-20(31)6-3-13-9-19(30)25(2)8-7-14-15(21(13)25)4-5-16-17(14)10-18(26)23(32)22(16)27/h10-11,13-15,21,32H,3-9H2,1-2H3,(H,28,29,31)/t13-,14?,15?,21?,25-/m1/s1. The summed E-state index contributed by atoms with van der Waals surface area (Å²) in [7, 11) is 0. The molecule has 1 heterocycles. The quantitative estimate of drug-likeness (QED) is 0.494. The molecule has 2 saturated carbocycles. The van der Waals surface area contributed by atoms with Crippen LogP contribution in [0.3, 0.4) is 0 Å². The van der Waals surface area contributed by atoms with Crippen LogP contribution in [-0.4, -0.2) is 21.8 Å². The van der Waals surface area contributed by atoms with Crippen LogP contribution in [0.4, 0.5) is 9.52 Å². The van der Waals surface area contributed by atoms with E-state index < -0.39 is 5.82 Å². The summed E-state index contributed by atoms with van der Waals surface area (Å²) in [6.45, 7) is 4.06. The van der Waals surface area contributed by atoms with Gasteiger partial charge in [0.05, 0.1) is 4.47 Å². The first-order valence-corrected chi connectivity index (χ1v) is 13.2. The summed E-state index contributed by atoms with van der Waals surface area (Å²) >= 11 is 4.76. The highest BCUT2D eigenvalue weighted by molar-refractivity contribution is 9.10. The molecule has 0 spiro atoms. The number of aryl methyl sites for hydroxylation is 1. The number of thiazole rings is 1. The molecule has 1 amide bonds. The van der Waals surface area contributed by atoms with Gasteiger partial charge in [0.15, 0.2) is 16.7 Å². The lowest BCUT2D eigenvalue weighted by atomic mass is 9.54. The highest BCUT2D eigenvalue weighted by Gasteiger charge is 2.58. The van der Waals surface area contributed by atoms with E-state index in [1.165, 1.54) is 11.3 Å². The van der Waals surface area contributed by atoms with Gasteiger partial charge < -0.3 is 10.4 Å². The summed E-state index contributed by atoms with van der Waals surface area (Å²) in [4.78, 5) is 30.9. The molecule has 1 aromatic carbocycles. The van der Waals surface area contributed by atoms with Crippen LogP contribution >= 0.6 is 27.3 Å². The third kappa shape index (κ3) is 3.83. The Morgan fingerprint density at radius 2 is 2.21 bits per heavy atom. The van der Waals surface area contributed by atoms with Crippen LogP contribution in [0.25, 0.3) is 0 Å². The molecule has 3 aliphatic rings. The number of hydrogen-bond donors (Lipinski definition) is 2. The summed E-state index contributed by atoms with van der Waals surface area (Å²) in [6.07, 6.45) is 6.32. The zero-order chi connectivity index (χ0) is 23.5. The molecule has 0 bridgehead atoms. The lowest BCUT2D eigenvalue weighted by molar-refractivity contribution is -0.129. The second-order valence-electron chi connectivity index (χ2n) is 10.1. The van der Waals surface area contributed by atoms with E-state index in [0.29, 0.717) is 46.6 Å². The molecule has 176 valence electrons. The van der Waals surface area contributed by atoms with Crippen molar-refractivity contribution in [3.8, 4) is 5.75 Å². The minimum atomic E-state index is -0.515. The van der Waals surface area contributed by atoms with Gasteiger partial charge in [0.1, 0.15) is 5.78 Å². The number of fused-ring (bicyclic) bond motifs is 5. The number of anilines is 1. The number of amides is 1. The summed E-state index contributed by atoms with van der Waals surface area (Å²) in [6, 6.07) is 1.88. The van der Waals surface area contributed by atoms with Crippen LogP contribution in [0.2, 0.25) is 0 Å². The van der Waals surface area contributed by atoms with E-state index in [-0.39, 0.29) is 40.7 Å². The molecular weight excluding hydrogens is 507 g/mol. The second-order valence-corrected chi connectivity index (χ2v) is 12.2. The average molecular weight is 535 g/mol. The van der Waals surface area contributed by atoms with E-state index in [2.05, 4.69) is 33.2 Å². The van der Waals surface area contributed by atoms with Crippen molar-refractivity contribution in [3.63, 3.8) is 0 Å². The number of ketones is 1. The van der Waals surface area contributed by atoms with Crippen LogP contribution in [-0.2, 0) is 16.0 Å². The summed E-state index contributed by atoms with van der Waals surface area (Å²) in [5.74, 6) is 0.243. The van der Waals surface area contributed by atoms with E-state index in [0.717, 1.165) is 29.7 Å². The van der Waals surface area contributed by atoms with Gasteiger partial charge in [-0.3, -0.25) is 9.59 Å². The number of phenols is 1. The number of aromatic nitrogens is 1. The number of nitrogens with zero attached hydrogens (tertiary/aromatic N) is 1. The Morgan fingerprint density at radius 3 is 2.94 bits per heavy atom. The van der Waals surface area contributed by atoms with Crippen molar-refractivity contribution in [2.45, 2.75) is 64.7 Å². The molecule has 0 saturated heterocycles. The predicted octanol–water partition coefficient (Wildman–Crippen LogP) is 6.13. The van der Waals surface area contributed by atoms with Crippen molar-refractivity contribution in [2.24, 2.45) is 23.2 Å². The fraction of sp³-hybridized carbons (Fsp3) is 0.560. The maximum absolute atomic E-state index is 14.8. The number of halogens is 2. The van der Waals surface area contributed by atoms with Crippen molar-refractivity contribution in [1.82, 2.24) is 4.98 Å². The Bertz CT molecular complexity index is 1140. The molecule has 0 radical (unpaired) electrons. The largest absolute Gasteiger partial charge is 0.504 e. The fourth-order valence-electron chi connectivity index (χ4n) is 6.87. The molecule has 2 aromatic rings. The Balaban J connectivity index is 1.37. The van der Waals surface area contributed by atoms with Crippen molar-refractivity contribution in [3.05, 3.63) is 38.6 Å². The van der Waals surface area contributed by atoms with Gasteiger partial charge in [-0.1, -0.05) is 6.92 Å². The first-order chi connectivity index (χ1) is 15.7. The number of carbonyl (C=O) groups is 2. The van der Waals surface area contributed by atoms with Gasteiger partial charge in [0, 0.05) is 29.3 Å². The molecular formula is C25H28BrFN2O3S. The van der Waals surface area contributed by atoms with Crippen molar-refractivity contribution >= 4 is 44.1 Å². The topological polar surface area (TPSA) is 79.3 Å². The van der Waals surface area contributed by atoms with Crippen LogP contribution in [0.1, 0.15) is 67.4 Å². The van der Waals surface area contributed by atoms with E-state index >= 15 is 0 Å². The minimum Gasteiger partial charge on any atom is -0.504 e. The normalized spacial score (nSPS) is 30.5. The average Bonchev–Trinajstić information content (AvgIpc) is 3.30. The van der Waals surface area contributed by atoms with Crippen LogP contribution in [0, 0.1) is 35.9 Å². The number of hydrogen-bond acceptors (Lipinski definition) is 5.